The Balaban J connectivity index is 1.33. The van der Waals surface area contributed by atoms with Gasteiger partial charge in [0.05, 0.1) is 18.0 Å². The Bertz CT molecular complexity index is 1500. The van der Waals surface area contributed by atoms with Gasteiger partial charge in [0.25, 0.3) is 5.91 Å². The van der Waals surface area contributed by atoms with E-state index in [1.807, 2.05) is 31.2 Å². The predicted octanol–water partition coefficient (Wildman–Crippen LogP) is 6.59. The van der Waals surface area contributed by atoms with Crippen LogP contribution in [0.4, 0.5) is 10.5 Å². The highest BCUT2D eigenvalue weighted by Crippen LogP contribution is 2.39. The lowest BCUT2D eigenvalue weighted by Gasteiger charge is -2.25. The predicted molar refractivity (Wildman–Crippen MR) is 151 cm³/mol. The van der Waals surface area contributed by atoms with E-state index >= 15 is 0 Å². The van der Waals surface area contributed by atoms with E-state index in [0.29, 0.717) is 39.9 Å². The number of nitrogens with zero attached hydrogens (tertiary/aromatic N) is 2. The van der Waals surface area contributed by atoms with E-state index in [0.717, 1.165) is 30.5 Å². The maximum Gasteiger partial charge on any atom is 0.342 e. The molecule has 200 valence electrons. The number of phenolic OH excluding ortho intramolecular Hbond substituents is 1. The molecule has 2 amide bonds. The molecule has 0 radical (unpaired) electrons. The number of carbonyl (C=O) groups excluding carboxylic acids is 2. The highest BCUT2D eigenvalue weighted by atomic mass is 35.5. The molecule has 0 aliphatic heterocycles. The number of ether oxygens (including phenoxy) is 1. The number of aromatic hydroxyl groups is 1. The van der Waals surface area contributed by atoms with Crippen LogP contribution in [-0.4, -0.2) is 33.4 Å². The van der Waals surface area contributed by atoms with E-state index in [-0.39, 0.29) is 30.2 Å². The van der Waals surface area contributed by atoms with Gasteiger partial charge in [0.2, 0.25) is 0 Å². The summed E-state index contributed by atoms with van der Waals surface area (Å²) in [5.41, 5.74) is 3.46. The fraction of sp³-hybridized carbons (Fsp3) is 0.233. The van der Waals surface area contributed by atoms with Gasteiger partial charge in [-0.2, -0.15) is 9.78 Å². The fourth-order valence-electron chi connectivity index (χ4n) is 4.47. The summed E-state index contributed by atoms with van der Waals surface area (Å²) >= 11 is 6.23. The van der Waals surface area contributed by atoms with E-state index in [9.17, 15) is 14.7 Å². The lowest BCUT2D eigenvalue weighted by atomic mass is 9.82. The van der Waals surface area contributed by atoms with Crippen LogP contribution in [0, 0.1) is 0 Å². The molecule has 8 nitrogen and oxygen atoms in total. The SMILES string of the molecule is CCOc1ccc(C(=O)Nc2ccc(-c3cc(C4CCC4)n(C(=O)NCc4ccccc4Cl)n3)c(O)c2)cc1. The quantitative estimate of drug-likeness (QED) is 0.232. The molecule has 0 spiro atoms. The summed E-state index contributed by atoms with van der Waals surface area (Å²) in [5, 5.41) is 21.6. The van der Waals surface area contributed by atoms with Crippen molar-refractivity contribution in [3.63, 3.8) is 0 Å². The minimum atomic E-state index is -0.359. The molecule has 0 saturated heterocycles. The largest absolute Gasteiger partial charge is 0.507 e. The molecule has 5 rings (SSSR count). The van der Waals surface area contributed by atoms with Crippen molar-refractivity contribution in [1.82, 2.24) is 15.1 Å². The molecule has 0 bridgehead atoms. The molecule has 9 heteroatoms. The summed E-state index contributed by atoms with van der Waals surface area (Å²) in [7, 11) is 0. The Labute approximate surface area is 231 Å². The summed E-state index contributed by atoms with van der Waals surface area (Å²) in [4.78, 5) is 25.8. The Morgan fingerprint density at radius 3 is 2.51 bits per heavy atom. The van der Waals surface area contributed by atoms with Crippen molar-refractivity contribution in [2.24, 2.45) is 0 Å². The van der Waals surface area contributed by atoms with Crippen molar-refractivity contribution < 1.29 is 19.4 Å². The van der Waals surface area contributed by atoms with Crippen LogP contribution in [-0.2, 0) is 6.54 Å². The number of halogens is 1. The second kappa shape index (κ2) is 11.6. The van der Waals surface area contributed by atoms with Crippen molar-refractivity contribution in [2.45, 2.75) is 38.6 Å². The first-order valence-electron chi connectivity index (χ1n) is 12.9. The van der Waals surface area contributed by atoms with Gasteiger partial charge in [-0.3, -0.25) is 4.79 Å². The van der Waals surface area contributed by atoms with Gasteiger partial charge in [0.1, 0.15) is 11.5 Å². The summed E-state index contributed by atoms with van der Waals surface area (Å²) < 4.78 is 6.80. The standard InChI is InChI=1S/C30H29ClN4O4/c1-2-39-23-13-10-20(11-14-23)29(37)33-22-12-15-24(28(36)16-22)26-17-27(19-7-5-8-19)35(34-26)30(38)32-18-21-6-3-4-9-25(21)31/h3-4,6,9-17,19,36H,2,5,7-8,18H2,1H3,(H,32,38)(H,33,37). The molecule has 1 aliphatic carbocycles. The third kappa shape index (κ3) is 5.91. The first-order chi connectivity index (χ1) is 18.9. The number of phenols is 1. The fourth-order valence-corrected chi connectivity index (χ4v) is 4.67. The molecule has 4 aromatic rings. The summed E-state index contributed by atoms with van der Waals surface area (Å²) in [6.07, 6.45) is 3.05. The van der Waals surface area contributed by atoms with Crippen molar-refractivity contribution >= 4 is 29.2 Å². The van der Waals surface area contributed by atoms with Gasteiger partial charge in [0, 0.05) is 40.4 Å². The number of aromatic nitrogens is 2. The van der Waals surface area contributed by atoms with Gasteiger partial charge >= 0.3 is 6.03 Å². The summed E-state index contributed by atoms with van der Waals surface area (Å²) in [5.74, 6) is 0.555. The third-order valence-electron chi connectivity index (χ3n) is 6.80. The first-order valence-corrected chi connectivity index (χ1v) is 13.3. The zero-order valence-electron chi connectivity index (χ0n) is 21.5. The average Bonchev–Trinajstić information content (AvgIpc) is 3.32. The van der Waals surface area contributed by atoms with Gasteiger partial charge in [-0.05, 0) is 73.9 Å². The van der Waals surface area contributed by atoms with Gasteiger partial charge in [-0.15, -0.1) is 0 Å². The number of benzene rings is 3. The van der Waals surface area contributed by atoms with Crippen LogP contribution < -0.4 is 15.4 Å². The first kappa shape index (κ1) is 26.3. The number of amides is 2. The number of hydrogen-bond acceptors (Lipinski definition) is 5. The van der Waals surface area contributed by atoms with Crippen molar-refractivity contribution in [3.8, 4) is 22.8 Å². The summed E-state index contributed by atoms with van der Waals surface area (Å²) in [6.45, 7) is 2.71. The van der Waals surface area contributed by atoms with Crippen LogP contribution >= 0.6 is 11.6 Å². The normalized spacial score (nSPS) is 13.0. The average molecular weight is 545 g/mol. The van der Waals surface area contributed by atoms with E-state index in [1.54, 1.807) is 42.5 Å². The molecule has 0 atom stereocenters. The minimum absolute atomic E-state index is 0.0548. The lowest BCUT2D eigenvalue weighted by Crippen LogP contribution is -2.31. The molecular weight excluding hydrogens is 516 g/mol. The Morgan fingerprint density at radius 1 is 1.08 bits per heavy atom. The second-order valence-electron chi connectivity index (χ2n) is 9.39. The number of carbonyl (C=O) groups is 2. The Hall–Kier alpha value is -4.30. The van der Waals surface area contributed by atoms with Gasteiger partial charge in [-0.1, -0.05) is 36.2 Å². The number of rotatable bonds is 8. The Morgan fingerprint density at radius 2 is 1.85 bits per heavy atom. The molecule has 1 aliphatic rings. The van der Waals surface area contributed by atoms with E-state index in [1.165, 1.54) is 10.7 Å². The molecule has 1 heterocycles. The van der Waals surface area contributed by atoms with Crippen molar-refractivity contribution in [1.29, 1.82) is 0 Å². The van der Waals surface area contributed by atoms with Crippen LogP contribution in [0.1, 0.15) is 53.7 Å². The van der Waals surface area contributed by atoms with Crippen molar-refractivity contribution in [2.75, 3.05) is 11.9 Å². The number of hydrogen-bond donors (Lipinski definition) is 3. The highest BCUT2D eigenvalue weighted by molar-refractivity contribution is 6.31. The van der Waals surface area contributed by atoms with Crippen LogP contribution in [0.15, 0.2) is 72.8 Å². The maximum absolute atomic E-state index is 13.1. The third-order valence-corrected chi connectivity index (χ3v) is 7.17. The minimum Gasteiger partial charge on any atom is -0.507 e. The van der Waals surface area contributed by atoms with Crippen LogP contribution in [0.25, 0.3) is 11.3 Å². The van der Waals surface area contributed by atoms with Gasteiger partial charge in [-0.25, -0.2) is 4.79 Å². The van der Waals surface area contributed by atoms with Gasteiger partial charge in [0.15, 0.2) is 0 Å². The van der Waals surface area contributed by atoms with Crippen LogP contribution in [0.3, 0.4) is 0 Å². The number of anilines is 1. The summed E-state index contributed by atoms with van der Waals surface area (Å²) in [6, 6.07) is 20.5. The molecule has 39 heavy (non-hydrogen) atoms. The van der Waals surface area contributed by atoms with E-state index in [2.05, 4.69) is 15.7 Å². The van der Waals surface area contributed by atoms with Gasteiger partial charge < -0.3 is 20.5 Å². The monoisotopic (exact) mass is 544 g/mol. The smallest absolute Gasteiger partial charge is 0.342 e. The van der Waals surface area contributed by atoms with E-state index in [4.69, 9.17) is 16.3 Å². The maximum atomic E-state index is 13.1. The second-order valence-corrected chi connectivity index (χ2v) is 9.79. The van der Waals surface area contributed by atoms with Crippen LogP contribution in [0.5, 0.6) is 11.5 Å². The molecule has 1 aromatic heterocycles. The zero-order valence-corrected chi connectivity index (χ0v) is 22.2. The molecule has 1 saturated carbocycles. The van der Waals surface area contributed by atoms with E-state index < -0.39 is 0 Å². The number of nitrogens with one attached hydrogen (secondary N) is 2. The lowest BCUT2D eigenvalue weighted by molar-refractivity contribution is 0.102. The topological polar surface area (TPSA) is 105 Å². The highest BCUT2D eigenvalue weighted by Gasteiger charge is 2.27. The molecule has 1 fully saturated rings. The zero-order chi connectivity index (χ0) is 27.4. The molecular formula is C30H29ClN4O4. The Kier molecular flexibility index (Phi) is 7.84. The van der Waals surface area contributed by atoms with Crippen LogP contribution in [0.2, 0.25) is 5.02 Å². The van der Waals surface area contributed by atoms with Crippen molar-refractivity contribution in [3.05, 3.63) is 94.6 Å². The molecule has 3 aromatic carbocycles. The molecule has 0 unspecified atom stereocenters. The molecule has 3 N–H and O–H groups in total.